The number of aliphatic hydroxyl groups is 1. The number of Topliss-reactive ketones (excluding diaryl/α,β-unsaturated/α-hetero) is 2. The molecule has 1 aliphatic rings. The van der Waals surface area contributed by atoms with E-state index < -0.39 is 17.7 Å². The Hall–Kier alpha value is -3.82. The van der Waals surface area contributed by atoms with Gasteiger partial charge in [0, 0.05) is 18.1 Å². The third-order valence-corrected chi connectivity index (χ3v) is 7.34. The lowest BCUT2D eigenvalue weighted by molar-refractivity contribution is -0.132. The van der Waals surface area contributed by atoms with Crippen LogP contribution in [0.4, 0.5) is 5.13 Å². The van der Waals surface area contributed by atoms with Crippen molar-refractivity contribution in [3.63, 3.8) is 0 Å². The number of imidazole rings is 1. The van der Waals surface area contributed by atoms with Crippen LogP contribution in [0.25, 0.3) is 11.4 Å². The number of hydrogen-bond acceptors (Lipinski definition) is 7. The number of anilines is 1. The molecule has 0 saturated carbocycles. The Morgan fingerprint density at radius 2 is 1.86 bits per heavy atom. The van der Waals surface area contributed by atoms with Crippen LogP contribution in [0.1, 0.15) is 45.3 Å². The maximum atomic E-state index is 13.4. The summed E-state index contributed by atoms with van der Waals surface area (Å²) in [5.74, 6) is -2.27. The minimum Gasteiger partial charge on any atom is -0.505 e. The standard InChI is InChI=1S/C25H19ClN4O4S/c1-12-19(29-10-5-4-9-17(29)27-12)21(32)18-20(15-7-6-8-16(26)11-15)30(24(34)22(18)33)25-28-13(2)23(35-25)14(3)31/h4-11,20,32H,1-3H3/b21-18+. The lowest BCUT2D eigenvalue weighted by Gasteiger charge is -2.23. The number of carbonyl (C=O) groups is 3. The van der Waals surface area contributed by atoms with E-state index >= 15 is 0 Å². The number of thiazole rings is 1. The molecule has 4 aromatic rings. The van der Waals surface area contributed by atoms with Crippen molar-refractivity contribution >= 4 is 56.9 Å². The van der Waals surface area contributed by atoms with Crippen LogP contribution in [0.3, 0.4) is 0 Å². The number of ketones is 2. The van der Waals surface area contributed by atoms with Crippen molar-refractivity contribution < 1.29 is 19.5 Å². The average molecular weight is 507 g/mol. The second-order valence-corrected chi connectivity index (χ2v) is 9.58. The van der Waals surface area contributed by atoms with Crippen LogP contribution in [-0.2, 0) is 9.59 Å². The fourth-order valence-corrected chi connectivity index (χ4v) is 5.55. The molecule has 4 heterocycles. The van der Waals surface area contributed by atoms with Gasteiger partial charge in [-0.25, -0.2) is 9.97 Å². The molecule has 3 aromatic heterocycles. The summed E-state index contributed by atoms with van der Waals surface area (Å²) in [6.07, 6.45) is 1.72. The molecule has 1 aliphatic heterocycles. The molecule has 1 atom stereocenters. The second-order valence-electron chi connectivity index (χ2n) is 8.17. The van der Waals surface area contributed by atoms with Crippen molar-refractivity contribution in [3.8, 4) is 0 Å². The number of nitrogens with zero attached hydrogens (tertiary/aromatic N) is 4. The first-order valence-corrected chi connectivity index (χ1v) is 11.9. The second kappa shape index (κ2) is 8.44. The number of rotatable bonds is 4. The zero-order chi connectivity index (χ0) is 25.0. The third-order valence-electron chi connectivity index (χ3n) is 5.85. The van der Waals surface area contributed by atoms with Gasteiger partial charge in [0.25, 0.3) is 5.78 Å². The Labute approximate surface area is 209 Å². The van der Waals surface area contributed by atoms with Crippen LogP contribution >= 0.6 is 22.9 Å². The first kappa shape index (κ1) is 22.9. The van der Waals surface area contributed by atoms with Gasteiger partial charge in [-0.1, -0.05) is 41.1 Å². The summed E-state index contributed by atoms with van der Waals surface area (Å²) in [6.45, 7) is 4.81. The summed E-state index contributed by atoms with van der Waals surface area (Å²) < 4.78 is 1.66. The maximum Gasteiger partial charge on any atom is 0.301 e. The summed E-state index contributed by atoms with van der Waals surface area (Å²) in [4.78, 5) is 49.3. The van der Waals surface area contributed by atoms with Gasteiger partial charge in [0.1, 0.15) is 11.3 Å². The molecule has 0 radical (unpaired) electrons. The average Bonchev–Trinajstić information content (AvgIpc) is 3.44. The Bertz CT molecular complexity index is 1590. The Morgan fingerprint density at radius 3 is 2.54 bits per heavy atom. The minimum atomic E-state index is -1.01. The predicted octanol–water partition coefficient (Wildman–Crippen LogP) is 4.89. The molecule has 10 heteroatoms. The zero-order valence-corrected chi connectivity index (χ0v) is 20.5. The number of aliphatic hydroxyl groups excluding tert-OH is 1. The fourth-order valence-electron chi connectivity index (χ4n) is 4.36. The molecular formula is C25H19ClN4O4S. The Morgan fingerprint density at radius 1 is 1.09 bits per heavy atom. The van der Waals surface area contributed by atoms with E-state index in [9.17, 15) is 19.5 Å². The van der Waals surface area contributed by atoms with Crippen molar-refractivity contribution in [2.75, 3.05) is 4.90 Å². The van der Waals surface area contributed by atoms with Gasteiger partial charge in [-0.2, -0.15) is 0 Å². The maximum absolute atomic E-state index is 13.4. The van der Waals surface area contributed by atoms with Crippen molar-refractivity contribution in [1.29, 1.82) is 0 Å². The first-order chi connectivity index (χ1) is 16.7. The number of halogens is 1. The highest BCUT2D eigenvalue weighted by atomic mass is 35.5. The molecule has 1 saturated heterocycles. The molecule has 176 valence electrons. The van der Waals surface area contributed by atoms with Crippen LogP contribution in [0.5, 0.6) is 0 Å². The van der Waals surface area contributed by atoms with E-state index in [1.165, 1.54) is 11.8 Å². The number of benzene rings is 1. The number of aryl methyl sites for hydroxylation is 2. The lowest BCUT2D eigenvalue weighted by Crippen LogP contribution is -2.29. The molecule has 1 N–H and O–H groups in total. The smallest absolute Gasteiger partial charge is 0.301 e. The van der Waals surface area contributed by atoms with Gasteiger partial charge in [0.15, 0.2) is 16.7 Å². The highest BCUT2D eigenvalue weighted by Crippen LogP contribution is 2.44. The topological polar surface area (TPSA) is 105 Å². The summed E-state index contributed by atoms with van der Waals surface area (Å²) in [5.41, 5.74) is 2.26. The van der Waals surface area contributed by atoms with Crippen molar-refractivity contribution in [1.82, 2.24) is 14.4 Å². The van der Waals surface area contributed by atoms with Crippen LogP contribution < -0.4 is 4.90 Å². The van der Waals surface area contributed by atoms with Gasteiger partial charge in [-0.3, -0.25) is 23.7 Å². The van der Waals surface area contributed by atoms with Crippen molar-refractivity contribution in [2.24, 2.45) is 0 Å². The lowest BCUT2D eigenvalue weighted by atomic mass is 9.96. The Kier molecular flexibility index (Phi) is 5.53. The van der Waals surface area contributed by atoms with Gasteiger partial charge in [-0.05, 0) is 43.7 Å². The van der Waals surface area contributed by atoms with E-state index in [2.05, 4.69) is 9.97 Å². The molecule has 1 aromatic carbocycles. The monoisotopic (exact) mass is 506 g/mol. The van der Waals surface area contributed by atoms with Crippen LogP contribution in [0.15, 0.2) is 54.2 Å². The highest BCUT2D eigenvalue weighted by molar-refractivity contribution is 7.18. The fraction of sp³-hybridized carbons (Fsp3) is 0.160. The summed E-state index contributed by atoms with van der Waals surface area (Å²) in [7, 11) is 0. The largest absolute Gasteiger partial charge is 0.505 e. The third kappa shape index (κ3) is 3.64. The molecule has 1 amide bonds. The molecule has 1 fully saturated rings. The Balaban J connectivity index is 1.79. The van der Waals surface area contributed by atoms with E-state index in [0.717, 1.165) is 11.3 Å². The molecule has 5 rings (SSSR count). The summed E-state index contributed by atoms with van der Waals surface area (Å²) in [6, 6.07) is 11.1. The summed E-state index contributed by atoms with van der Waals surface area (Å²) >= 11 is 7.28. The van der Waals surface area contributed by atoms with Crippen LogP contribution in [0.2, 0.25) is 5.02 Å². The molecular weight excluding hydrogens is 488 g/mol. The number of pyridine rings is 1. The molecule has 0 spiro atoms. The minimum absolute atomic E-state index is 0.108. The van der Waals surface area contributed by atoms with Crippen LogP contribution in [0, 0.1) is 13.8 Å². The van der Waals surface area contributed by atoms with Gasteiger partial charge in [0.2, 0.25) is 0 Å². The number of aromatic nitrogens is 3. The van der Waals surface area contributed by atoms with E-state index in [4.69, 9.17) is 11.6 Å². The first-order valence-electron chi connectivity index (χ1n) is 10.7. The summed E-state index contributed by atoms with van der Waals surface area (Å²) in [5, 5.41) is 12.1. The normalized spacial score (nSPS) is 17.5. The molecule has 1 unspecified atom stereocenters. The SMILES string of the molecule is CC(=O)c1sc(N2C(=O)C(=O)/C(=C(/O)c3c(C)nc4ccccn34)C2c2cccc(Cl)c2)nc1C. The quantitative estimate of drug-likeness (QED) is 0.183. The van der Waals surface area contributed by atoms with E-state index in [0.29, 0.717) is 38.2 Å². The zero-order valence-electron chi connectivity index (χ0n) is 18.9. The van der Waals surface area contributed by atoms with Gasteiger partial charge in [0.05, 0.1) is 27.9 Å². The number of amides is 1. The van der Waals surface area contributed by atoms with E-state index in [-0.39, 0.29) is 22.2 Å². The van der Waals surface area contributed by atoms with Gasteiger partial charge >= 0.3 is 5.91 Å². The van der Waals surface area contributed by atoms with E-state index in [1.54, 1.807) is 60.8 Å². The number of hydrogen-bond donors (Lipinski definition) is 1. The number of carbonyl (C=O) groups excluding carboxylic acids is 3. The van der Waals surface area contributed by atoms with Gasteiger partial charge in [-0.15, -0.1) is 0 Å². The van der Waals surface area contributed by atoms with Crippen molar-refractivity contribution in [2.45, 2.75) is 26.8 Å². The van der Waals surface area contributed by atoms with Crippen molar-refractivity contribution in [3.05, 3.63) is 86.8 Å². The highest BCUT2D eigenvalue weighted by Gasteiger charge is 2.49. The van der Waals surface area contributed by atoms with Crippen LogP contribution in [-0.4, -0.2) is 36.9 Å². The molecule has 0 bridgehead atoms. The van der Waals surface area contributed by atoms with E-state index in [1.807, 2.05) is 6.07 Å². The molecule has 35 heavy (non-hydrogen) atoms. The predicted molar refractivity (Wildman–Crippen MR) is 133 cm³/mol. The molecule has 8 nitrogen and oxygen atoms in total. The van der Waals surface area contributed by atoms with Gasteiger partial charge < -0.3 is 5.11 Å². The number of fused-ring (bicyclic) bond motifs is 1. The molecule has 0 aliphatic carbocycles.